The summed E-state index contributed by atoms with van der Waals surface area (Å²) < 4.78 is 14.0. The van der Waals surface area contributed by atoms with Gasteiger partial charge in [0, 0.05) is 23.0 Å². The van der Waals surface area contributed by atoms with Crippen molar-refractivity contribution in [1.82, 2.24) is 14.8 Å². The van der Waals surface area contributed by atoms with Crippen molar-refractivity contribution >= 4 is 22.6 Å². The Morgan fingerprint density at radius 3 is 2.55 bits per heavy atom. The number of rotatable bonds is 7. The van der Waals surface area contributed by atoms with E-state index < -0.39 is 11.8 Å². The Morgan fingerprint density at radius 2 is 1.84 bits per heavy atom. The third-order valence-electron chi connectivity index (χ3n) is 5.19. The quantitative estimate of drug-likeness (QED) is 0.595. The number of fused-ring (bicyclic) bond motifs is 1. The van der Waals surface area contributed by atoms with Gasteiger partial charge in [-0.1, -0.05) is 18.2 Å². The first-order valence-electron chi connectivity index (χ1n) is 10.3. The van der Waals surface area contributed by atoms with Gasteiger partial charge in [0.2, 0.25) is 0 Å². The van der Waals surface area contributed by atoms with Gasteiger partial charge in [-0.25, -0.2) is 9.18 Å². The van der Waals surface area contributed by atoms with Gasteiger partial charge >= 0.3 is 6.03 Å². The molecule has 0 aliphatic carbocycles. The molecule has 0 unspecified atom stereocenters. The molecule has 2 N–H and O–H groups in total. The van der Waals surface area contributed by atoms with Crippen molar-refractivity contribution in [3.05, 3.63) is 75.3 Å². The molecule has 6 nitrogen and oxygen atoms in total. The zero-order valence-corrected chi connectivity index (χ0v) is 18.5. The molecule has 3 rings (SSSR count). The fourth-order valence-corrected chi connectivity index (χ4v) is 3.63. The monoisotopic (exact) mass is 424 g/mol. The Balaban J connectivity index is 1.88. The van der Waals surface area contributed by atoms with E-state index >= 15 is 0 Å². The number of benzene rings is 2. The van der Waals surface area contributed by atoms with Gasteiger partial charge in [0.15, 0.2) is 0 Å². The highest BCUT2D eigenvalue weighted by Gasteiger charge is 2.18. The molecule has 164 valence electrons. The molecular formula is C24H29FN4O2. The molecule has 0 saturated carbocycles. The fourth-order valence-electron chi connectivity index (χ4n) is 3.63. The van der Waals surface area contributed by atoms with E-state index in [1.54, 1.807) is 17.0 Å². The minimum atomic E-state index is -0.501. The number of aromatic amines is 1. The predicted octanol–water partition coefficient (Wildman–Crippen LogP) is 4.27. The summed E-state index contributed by atoms with van der Waals surface area (Å²) in [6.07, 6.45) is 0.724. The number of nitrogens with one attached hydrogen (secondary N) is 2. The first-order valence-corrected chi connectivity index (χ1v) is 10.3. The molecule has 3 aromatic rings. The number of carbonyl (C=O) groups excluding carboxylic acids is 1. The highest BCUT2D eigenvalue weighted by atomic mass is 19.1. The second-order valence-electron chi connectivity index (χ2n) is 8.16. The molecule has 31 heavy (non-hydrogen) atoms. The van der Waals surface area contributed by atoms with Crippen LogP contribution in [0.15, 0.2) is 47.3 Å². The molecule has 0 fully saturated rings. The topological polar surface area (TPSA) is 68.4 Å². The summed E-state index contributed by atoms with van der Waals surface area (Å²) in [6, 6.07) is 11.4. The number of carbonyl (C=O) groups is 1. The lowest BCUT2D eigenvalue weighted by Crippen LogP contribution is -2.38. The highest BCUT2D eigenvalue weighted by Crippen LogP contribution is 2.20. The van der Waals surface area contributed by atoms with Crippen molar-refractivity contribution in [3.8, 4) is 0 Å². The van der Waals surface area contributed by atoms with Gasteiger partial charge in [0.25, 0.3) is 5.56 Å². The van der Waals surface area contributed by atoms with E-state index in [0.717, 1.165) is 35.0 Å². The van der Waals surface area contributed by atoms with Gasteiger partial charge < -0.3 is 20.1 Å². The molecule has 7 heteroatoms. The number of anilines is 1. The molecule has 0 saturated heterocycles. The van der Waals surface area contributed by atoms with Crippen LogP contribution in [-0.4, -0.2) is 48.0 Å². The number of H-pyrrole nitrogens is 1. The standard InChI is InChI=1S/C24H29FN4O2/c1-16-12-17(2)19-14-18(23(30)26-22(19)13-16)15-29(11-7-10-28(3)4)24(31)27-21-9-6-5-8-20(21)25/h5-6,8-9,12-14H,7,10-11,15H2,1-4H3,(H,26,30)(H,27,31). The van der Waals surface area contributed by atoms with Gasteiger partial charge in [0.05, 0.1) is 12.2 Å². The zero-order chi connectivity index (χ0) is 22.5. The fraction of sp³-hybridized carbons (Fsp3) is 0.333. The SMILES string of the molecule is Cc1cc(C)c2cc(CN(CCCN(C)C)C(=O)Nc3ccccc3F)c(=O)[nH]c2c1. The van der Waals surface area contributed by atoms with Crippen molar-refractivity contribution in [3.63, 3.8) is 0 Å². The molecule has 0 aliphatic rings. The Morgan fingerprint density at radius 1 is 1.10 bits per heavy atom. The van der Waals surface area contributed by atoms with Crippen LogP contribution < -0.4 is 10.9 Å². The first-order chi connectivity index (χ1) is 14.7. The summed E-state index contributed by atoms with van der Waals surface area (Å²) in [5, 5.41) is 3.58. The Hall–Kier alpha value is -3.19. The lowest BCUT2D eigenvalue weighted by atomic mass is 10.0. The number of hydrogen-bond donors (Lipinski definition) is 2. The van der Waals surface area contributed by atoms with Crippen molar-refractivity contribution < 1.29 is 9.18 Å². The lowest BCUT2D eigenvalue weighted by Gasteiger charge is -2.24. The maximum absolute atomic E-state index is 14.0. The molecule has 0 atom stereocenters. The first kappa shape index (κ1) is 22.5. The van der Waals surface area contributed by atoms with Crippen molar-refractivity contribution in [2.45, 2.75) is 26.8 Å². The van der Waals surface area contributed by atoms with Crippen molar-refractivity contribution in [2.75, 3.05) is 32.5 Å². The normalized spacial score (nSPS) is 11.2. The van der Waals surface area contributed by atoms with E-state index in [9.17, 15) is 14.0 Å². The number of halogens is 1. The van der Waals surface area contributed by atoms with E-state index in [2.05, 4.69) is 16.4 Å². The van der Waals surface area contributed by atoms with Crippen LogP contribution in [0.3, 0.4) is 0 Å². The van der Waals surface area contributed by atoms with Gasteiger partial charge in [-0.05, 0) is 76.3 Å². The number of amides is 2. The maximum Gasteiger partial charge on any atom is 0.322 e. The third-order valence-corrected chi connectivity index (χ3v) is 5.19. The second kappa shape index (κ2) is 9.75. The summed E-state index contributed by atoms with van der Waals surface area (Å²) in [5.41, 5.74) is 3.29. The lowest BCUT2D eigenvalue weighted by molar-refractivity contribution is 0.205. The average molecular weight is 425 g/mol. The largest absolute Gasteiger partial charge is 0.322 e. The van der Waals surface area contributed by atoms with E-state index in [-0.39, 0.29) is 17.8 Å². The highest BCUT2D eigenvalue weighted by molar-refractivity contribution is 5.89. The van der Waals surface area contributed by atoms with Gasteiger partial charge in [-0.3, -0.25) is 4.79 Å². The van der Waals surface area contributed by atoms with Crippen LogP contribution >= 0.6 is 0 Å². The van der Waals surface area contributed by atoms with Crippen molar-refractivity contribution in [2.24, 2.45) is 0 Å². The summed E-state index contributed by atoms with van der Waals surface area (Å²) in [7, 11) is 3.92. The molecular weight excluding hydrogens is 395 g/mol. The maximum atomic E-state index is 14.0. The zero-order valence-electron chi connectivity index (χ0n) is 18.5. The molecule has 2 aromatic carbocycles. The van der Waals surface area contributed by atoms with Crippen LogP contribution in [0.2, 0.25) is 0 Å². The minimum absolute atomic E-state index is 0.115. The molecule has 1 aromatic heterocycles. The van der Waals surface area contributed by atoms with Crippen LogP contribution in [0.25, 0.3) is 10.9 Å². The Labute approximate surface area is 181 Å². The number of urea groups is 1. The van der Waals surface area contributed by atoms with E-state index in [0.29, 0.717) is 12.1 Å². The summed E-state index contributed by atoms with van der Waals surface area (Å²) in [5.74, 6) is -0.501. The van der Waals surface area contributed by atoms with Crippen LogP contribution in [0.1, 0.15) is 23.1 Å². The number of nitrogens with zero attached hydrogens (tertiary/aromatic N) is 2. The molecule has 0 aliphatic heterocycles. The Kier molecular flexibility index (Phi) is 7.07. The van der Waals surface area contributed by atoms with E-state index in [1.165, 1.54) is 12.1 Å². The Bertz CT molecular complexity index is 1140. The van der Waals surface area contributed by atoms with Crippen LogP contribution in [0, 0.1) is 19.7 Å². The number of hydrogen-bond acceptors (Lipinski definition) is 3. The van der Waals surface area contributed by atoms with Gasteiger partial charge in [-0.15, -0.1) is 0 Å². The summed E-state index contributed by atoms with van der Waals surface area (Å²) in [4.78, 5) is 32.2. The summed E-state index contributed by atoms with van der Waals surface area (Å²) >= 11 is 0. The predicted molar refractivity (Wildman–Crippen MR) is 123 cm³/mol. The molecule has 0 radical (unpaired) electrons. The minimum Gasteiger partial charge on any atom is -0.322 e. The smallest absolute Gasteiger partial charge is 0.322 e. The number of aromatic nitrogens is 1. The molecule has 1 heterocycles. The van der Waals surface area contributed by atoms with E-state index in [4.69, 9.17) is 0 Å². The van der Waals surface area contributed by atoms with E-state index in [1.807, 2.05) is 45.0 Å². The molecule has 0 spiro atoms. The van der Waals surface area contributed by atoms with Gasteiger partial charge in [0.1, 0.15) is 5.82 Å². The van der Waals surface area contributed by atoms with Crippen LogP contribution in [0.5, 0.6) is 0 Å². The number of para-hydroxylation sites is 1. The third kappa shape index (κ3) is 5.70. The van der Waals surface area contributed by atoms with Crippen LogP contribution in [-0.2, 0) is 6.54 Å². The van der Waals surface area contributed by atoms with Crippen LogP contribution in [0.4, 0.5) is 14.9 Å². The number of aryl methyl sites for hydroxylation is 2. The molecule has 2 amide bonds. The summed E-state index contributed by atoms with van der Waals surface area (Å²) in [6.45, 7) is 5.33. The van der Waals surface area contributed by atoms with Gasteiger partial charge in [-0.2, -0.15) is 0 Å². The average Bonchev–Trinajstić information content (AvgIpc) is 2.69. The van der Waals surface area contributed by atoms with Crippen molar-refractivity contribution in [1.29, 1.82) is 0 Å². The molecule has 0 bridgehead atoms. The second-order valence-corrected chi connectivity index (χ2v) is 8.16. The number of pyridine rings is 1.